The monoisotopic (exact) mass is 456 g/mol. The maximum Gasteiger partial charge on any atom is 0.271 e. The molecule has 1 amide bonds. The van der Waals surface area contributed by atoms with Crippen LogP contribution in [0.15, 0.2) is 52.0 Å². The molecule has 3 aromatic rings. The van der Waals surface area contributed by atoms with Gasteiger partial charge in [-0.3, -0.25) is 9.48 Å². The number of benzene rings is 2. The molecule has 0 aliphatic heterocycles. The molecule has 2 aromatic carbocycles. The number of hydrazone groups is 1. The van der Waals surface area contributed by atoms with Crippen molar-refractivity contribution in [1.29, 1.82) is 0 Å². The first-order chi connectivity index (χ1) is 13.9. The smallest absolute Gasteiger partial charge is 0.271 e. The molecule has 3 rings (SSSR count). The summed E-state index contributed by atoms with van der Waals surface area (Å²) < 4.78 is 7.57. The summed E-state index contributed by atoms with van der Waals surface area (Å²) in [6, 6.07) is 12.6. The van der Waals surface area contributed by atoms with Crippen LogP contribution in [-0.4, -0.2) is 34.1 Å². The van der Waals surface area contributed by atoms with Crippen LogP contribution < -0.4 is 10.2 Å². The number of rotatable bonds is 6. The highest BCUT2D eigenvalue weighted by Gasteiger charge is 2.09. The van der Waals surface area contributed by atoms with E-state index in [4.69, 9.17) is 4.74 Å². The van der Waals surface area contributed by atoms with Gasteiger partial charge in [0.2, 0.25) is 0 Å². The summed E-state index contributed by atoms with van der Waals surface area (Å²) >= 11 is 3.32. The number of aromatic nitrogens is 2. The number of aromatic hydroxyl groups is 1. The molecule has 150 valence electrons. The Bertz CT molecular complexity index is 1050. The molecule has 0 spiro atoms. The van der Waals surface area contributed by atoms with Gasteiger partial charge in [0.15, 0.2) is 11.5 Å². The van der Waals surface area contributed by atoms with Crippen LogP contribution >= 0.6 is 15.9 Å². The van der Waals surface area contributed by atoms with Crippen LogP contribution in [0.2, 0.25) is 0 Å². The molecular weight excluding hydrogens is 436 g/mol. The van der Waals surface area contributed by atoms with Crippen LogP contribution in [0.4, 0.5) is 0 Å². The summed E-state index contributed by atoms with van der Waals surface area (Å²) in [6.07, 6.45) is 1.45. The number of carbonyl (C=O) groups excluding carboxylic acids is 1. The quantitative estimate of drug-likeness (QED) is 0.436. The molecule has 0 fully saturated rings. The topological polar surface area (TPSA) is 88.7 Å². The normalized spacial score (nSPS) is 11.0. The van der Waals surface area contributed by atoms with Crippen LogP contribution in [0.5, 0.6) is 11.5 Å². The zero-order valence-electron chi connectivity index (χ0n) is 16.3. The SMILES string of the molecule is COc1c(O)cc(/C=N\NC(=O)c2cccc(Cn3nc(C)cc3C)c2)cc1Br. The molecule has 0 unspecified atom stereocenters. The summed E-state index contributed by atoms with van der Waals surface area (Å²) in [5.74, 6) is -0.00890. The van der Waals surface area contributed by atoms with Gasteiger partial charge in [-0.15, -0.1) is 0 Å². The number of aryl methyl sites for hydroxylation is 2. The molecule has 1 aromatic heterocycles. The molecule has 0 aliphatic carbocycles. The lowest BCUT2D eigenvalue weighted by Crippen LogP contribution is -2.18. The Balaban J connectivity index is 1.68. The van der Waals surface area contributed by atoms with Gasteiger partial charge in [-0.1, -0.05) is 12.1 Å². The number of methoxy groups -OCH3 is 1. The van der Waals surface area contributed by atoms with Crippen LogP contribution in [0.1, 0.15) is 32.9 Å². The van der Waals surface area contributed by atoms with Crippen LogP contribution in [0.25, 0.3) is 0 Å². The third-order valence-corrected chi connectivity index (χ3v) is 4.84. The molecule has 0 saturated heterocycles. The number of nitrogens with zero attached hydrogens (tertiary/aromatic N) is 3. The summed E-state index contributed by atoms with van der Waals surface area (Å²) in [5, 5.41) is 18.3. The van der Waals surface area contributed by atoms with Gasteiger partial charge in [0.25, 0.3) is 5.91 Å². The Morgan fingerprint density at radius 2 is 2.10 bits per heavy atom. The first-order valence-corrected chi connectivity index (χ1v) is 9.66. The van der Waals surface area contributed by atoms with Gasteiger partial charge in [-0.2, -0.15) is 10.2 Å². The van der Waals surface area contributed by atoms with Gasteiger partial charge in [-0.25, -0.2) is 5.43 Å². The first-order valence-electron chi connectivity index (χ1n) is 8.87. The average molecular weight is 457 g/mol. The Hall–Kier alpha value is -3.13. The van der Waals surface area contributed by atoms with Crippen LogP contribution in [0, 0.1) is 13.8 Å². The van der Waals surface area contributed by atoms with Crippen molar-refractivity contribution >= 4 is 28.1 Å². The predicted molar refractivity (Wildman–Crippen MR) is 115 cm³/mol. The van der Waals surface area contributed by atoms with Crippen molar-refractivity contribution in [2.75, 3.05) is 7.11 Å². The van der Waals surface area contributed by atoms with Crippen LogP contribution in [-0.2, 0) is 6.54 Å². The molecular formula is C21H21BrN4O3. The maximum absolute atomic E-state index is 12.4. The number of phenolic OH excluding ortho intramolecular Hbond substituents is 1. The van der Waals surface area contributed by atoms with E-state index in [1.165, 1.54) is 19.4 Å². The van der Waals surface area contributed by atoms with E-state index in [2.05, 4.69) is 31.6 Å². The van der Waals surface area contributed by atoms with E-state index < -0.39 is 0 Å². The highest BCUT2D eigenvalue weighted by atomic mass is 79.9. The van der Waals surface area contributed by atoms with E-state index in [0.29, 0.717) is 27.9 Å². The van der Waals surface area contributed by atoms with Crippen LogP contribution in [0.3, 0.4) is 0 Å². The maximum atomic E-state index is 12.4. The molecule has 0 aliphatic rings. The number of carbonyl (C=O) groups is 1. The van der Waals surface area contributed by atoms with Crippen molar-refractivity contribution in [3.05, 3.63) is 75.0 Å². The third-order valence-electron chi connectivity index (χ3n) is 4.26. The lowest BCUT2D eigenvalue weighted by Gasteiger charge is -2.07. The van der Waals surface area contributed by atoms with Crippen molar-refractivity contribution in [3.8, 4) is 11.5 Å². The highest BCUT2D eigenvalue weighted by molar-refractivity contribution is 9.10. The van der Waals surface area contributed by atoms with Crippen molar-refractivity contribution in [1.82, 2.24) is 15.2 Å². The van der Waals surface area contributed by atoms with Gasteiger partial charge < -0.3 is 9.84 Å². The fraction of sp³-hybridized carbons (Fsp3) is 0.190. The number of nitrogens with one attached hydrogen (secondary N) is 1. The van der Waals surface area contributed by atoms with Gasteiger partial charge in [-0.05, 0) is 71.2 Å². The first kappa shape index (κ1) is 20.6. The molecule has 0 radical (unpaired) electrons. The van der Waals surface area contributed by atoms with E-state index in [9.17, 15) is 9.90 Å². The second kappa shape index (κ2) is 8.91. The molecule has 29 heavy (non-hydrogen) atoms. The molecule has 0 bridgehead atoms. The molecule has 2 N–H and O–H groups in total. The summed E-state index contributed by atoms with van der Waals surface area (Å²) in [6.45, 7) is 4.54. The molecule has 0 saturated carbocycles. The fourth-order valence-electron chi connectivity index (χ4n) is 2.92. The Morgan fingerprint density at radius 1 is 1.31 bits per heavy atom. The summed E-state index contributed by atoms with van der Waals surface area (Å²) in [5.41, 5.74) is 6.60. The Kier molecular flexibility index (Phi) is 6.33. The minimum Gasteiger partial charge on any atom is -0.504 e. The number of ether oxygens (including phenoxy) is 1. The second-order valence-electron chi connectivity index (χ2n) is 6.54. The zero-order valence-corrected chi connectivity index (χ0v) is 17.9. The van der Waals surface area contributed by atoms with Gasteiger partial charge in [0, 0.05) is 11.3 Å². The Morgan fingerprint density at radius 3 is 2.76 bits per heavy atom. The molecule has 7 nitrogen and oxygen atoms in total. The van der Waals surface area contributed by atoms with Gasteiger partial charge in [0.05, 0.1) is 30.0 Å². The number of amides is 1. The lowest BCUT2D eigenvalue weighted by molar-refractivity contribution is 0.0955. The van der Waals surface area contributed by atoms with Crippen molar-refractivity contribution < 1.29 is 14.6 Å². The molecule has 8 heteroatoms. The minimum atomic E-state index is -0.326. The number of halogens is 1. The Labute approximate surface area is 177 Å². The highest BCUT2D eigenvalue weighted by Crippen LogP contribution is 2.34. The lowest BCUT2D eigenvalue weighted by atomic mass is 10.1. The average Bonchev–Trinajstić information content (AvgIpc) is 2.98. The van der Waals surface area contributed by atoms with E-state index in [1.807, 2.05) is 42.8 Å². The third kappa shape index (κ3) is 5.03. The van der Waals surface area contributed by atoms with E-state index in [1.54, 1.807) is 12.1 Å². The van der Waals surface area contributed by atoms with Gasteiger partial charge >= 0.3 is 0 Å². The van der Waals surface area contributed by atoms with Crippen molar-refractivity contribution in [2.45, 2.75) is 20.4 Å². The van der Waals surface area contributed by atoms with Crippen molar-refractivity contribution in [2.24, 2.45) is 5.10 Å². The number of phenols is 1. The zero-order chi connectivity index (χ0) is 21.0. The molecule has 0 atom stereocenters. The standard InChI is InChI=1S/C21H21BrN4O3/c1-13-7-14(2)26(25-13)12-15-5-4-6-17(8-15)21(28)24-23-11-16-9-18(22)20(29-3)19(27)10-16/h4-11,27H,12H2,1-3H3,(H,24,28)/b23-11-. The van der Waals surface area contributed by atoms with E-state index in [-0.39, 0.29) is 11.7 Å². The minimum absolute atomic E-state index is 0.0218. The number of hydrogen-bond acceptors (Lipinski definition) is 5. The predicted octanol–water partition coefficient (Wildman–Crippen LogP) is 3.79. The molecule has 1 heterocycles. The van der Waals surface area contributed by atoms with E-state index in [0.717, 1.165) is 17.0 Å². The van der Waals surface area contributed by atoms with E-state index >= 15 is 0 Å². The van der Waals surface area contributed by atoms with Crippen molar-refractivity contribution in [3.63, 3.8) is 0 Å². The fourth-order valence-corrected chi connectivity index (χ4v) is 3.55. The number of hydrogen-bond donors (Lipinski definition) is 2. The van der Waals surface area contributed by atoms with Gasteiger partial charge in [0.1, 0.15) is 0 Å². The summed E-state index contributed by atoms with van der Waals surface area (Å²) in [4.78, 5) is 12.4. The summed E-state index contributed by atoms with van der Waals surface area (Å²) in [7, 11) is 1.47. The largest absolute Gasteiger partial charge is 0.504 e. The second-order valence-corrected chi connectivity index (χ2v) is 7.39.